The predicted molar refractivity (Wildman–Crippen MR) is 121 cm³/mol. The highest BCUT2D eigenvalue weighted by atomic mass is 16.5. The highest BCUT2D eigenvalue weighted by Gasteiger charge is 2.35. The third-order valence-electron chi connectivity index (χ3n) is 5.74. The molecule has 1 aromatic heterocycles. The lowest BCUT2D eigenvalue weighted by Gasteiger charge is -2.39. The maximum Gasteiger partial charge on any atom is 0.191 e. The van der Waals surface area contributed by atoms with Crippen LogP contribution in [0.5, 0.6) is 0 Å². The molecule has 31 heavy (non-hydrogen) atoms. The van der Waals surface area contributed by atoms with E-state index in [4.69, 9.17) is 16.0 Å². The van der Waals surface area contributed by atoms with Crippen LogP contribution in [0.4, 0.5) is 0 Å². The fourth-order valence-corrected chi connectivity index (χ4v) is 4.26. The molecule has 2 aromatic carbocycles. The van der Waals surface area contributed by atoms with Crippen LogP contribution < -0.4 is 16.8 Å². The Morgan fingerprint density at radius 3 is 2.58 bits per heavy atom. The minimum atomic E-state index is -1.06. The summed E-state index contributed by atoms with van der Waals surface area (Å²) >= 11 is 0. The molecule has 7 heteroatoms. The second kappa shape index (κ2) is 8.02. The highest BCUT2D eigenvalue weighted by Crippen LogP contribution is 2.27. The Balaban J connectivity index is 1.31. The quantitative estimate of drug-likeness (QED) is 0.593. The van der Waals surface area contributed by atoms with E-state index in [1.54, 1.807) is 0 Å². The first-order valence-electron chi connectivity index (χ1n) is 10.5. The second-order valence-electron chi connectivity index (χ2n) is 8.17. The molecule has 5 rings (SSSR count). The number of aromatic nitrogens is 1. The van der Waals surface area contributed by atoms with E-state index in [9.17, 15) is 0 Å². The number of benzene rings is 2. The van der Waals surface area contributed by atoms with Crippen LogP contribution in [-0.4, -0.2) is 34.8 Å². The predicted octanol–water partition coefficient (Wildman–Crippen LogP) is 2.62. The largest absolute Gasteiger partial charge is 0.384 e. The molecule has 0 radical (unpaired) electrons. The zero-order valence-corrected chi connectivity index (χ0v) is 17.3. The van der Waals surface area contributed by atoms with Crippen molar-refractivity contribution in [2.45, 2.75) is 25.2 Å². The van der Waals surface area contributed by atoms with Gasteiger partial charge in [0.2, 0.25) is 0 Å². The fraction of sp³-hybridized carbons (Fsp3) is 0.250. The Hall–Kier alpha value is -3.42. The lowest BCUT2D eigenvalue weighted by Crippen LogP contribution is -2.59. The van der Waals surface area contributed by atoms with Gasteiger partial charge in [0.05, 0.1) is 6.42 Å². The fourth-order valence-electron chi connectivity index (χ4n) is 4.26. The minimum absolute atomic E-state index is 0.350. The van der Waals surface area contributed by atoms with Crippen LogP contribution in [0.1, 0.15) is 17.7 Å². The van der Waals surface area contributed by atoms with Gasteiger partial charge in [-0.25, -0.2) is 4.99 Å². The van der Waals surface area contributed by atoms with Gasteiger partial charge in [0.25, 0.3) is 0 Å². The maximum atomic E-state index is 6.62. The normalized spacial score (nSPS) is 21.4. The number of amidine groups is 1. The summed E-state index contributed by atoms with van der Waals surface area (Å²) in [5.41, 5.74) is 18.1. The van der Waals surface area contributed by atoms with Gasteiger partial charge in [0, 0.05) is 42.5 Å². The Bertz CT molecular complexity index is 1120. The van der Waals surface area contributed by atoms with Crippen LogP contribution in [0.15, 0.2) is 87.5 Å². The summed E-state index contributed by atoms with van der Waals surface area (Å²) in [5, 5.41) is 7.62. The van der Waals surface area contributed by atoms with E-state index in [0.29, 0.717) is 18.0 Å². The van der Waals surface area contributed by atoms with E-state index in [1.807, 2.05) is 42.5 Å². The molecule has 158 valence electrons. The lowest BCUT2D eigenvalue weighted by molar-refractivity contribution is 0.246. The molecule has 0 saturated heterocycles. The third kappa shape index (κ3) is 4.23. The van der Waals surface area contributed by atoms with Gasteiger partial charge < -0.3 is 15.6 Å². The summed E-state index contributed by atoms with van der Waals surface area (Å²) in [6.07, 6.45) is 1.20. The standard InChI is InChI=1S/C24H26N6O/c25-23-20-11-12-30(15-17-7-3-1-4-8-17)16-22(20)27-24(26,28-23)14-19-13-21(29-31-19)18-9-5-2-6-10-18/h1-10,13,27H,11-12,14-16,26H2,(H2,25,28). The molecular formula is C24H26N6O. The first-order valence-corrected chi connectivity index (χ1v) is 10.5. The Morgan fingerprint density at radius 2 is 1.81 bits per heavy atom. The molecule has 7 nitrogen and oxygen atoms in total. The number of nitrogens with zero attached hydrogens (tertiary/aromatic N) is 3. The van der Waals surface area contributed by atoms with Crippen LogP contribution in [0.3, 0.4) is 0 Å². The van der Waals surface area contributed by atoms with Gasteiger partial charge >= 0.3 is 0 Å². The summed E-state index contributed by atoms with van der Waals surface area (Å²) in [7, 11) is 0. The second-order valence-corrected chi connectivity index (χ2v) is 8.17. The zero-order chi connectivity index (χ0) is 21.3. The Labute approximate surface area is 181 Å². The monoisotopic (exact) mass is 414 g/mol. The molecular weight excluding hydrogens is 388 g/mol. The van der Waals surface area contributed by atoms with Gasteiger partial charge in [-0.1, -0.05) is 65.8 Å². The summed E-state index contributed by atoms with van der Waals surface area (Å²) in [6, 6.07) is 22.3. The molecule has 0 bridgehead atoms. The number of nitrogens with one attached hydrogen (secondary N) is 1. The topological polar surface area (TPSA) is 106 Å². The van der Waals surface area contributed by atoms with Crippen LogP contribution in [0, 0.1) is 0 Å². The van der Waals surface area contributed by atoms with E-state index in [-0.39, 0.29) is 0 Å². The molecule has 0 amide bonds. The number of hydrogen-bond acceptors (Lipinski definition) is 7. The number of aliphatic imine (C=N–C) groups is 1. The van der Waals surface area contributed by atoms with Crippen LogP contribution in [0.2, 0.25) is 0 Å². The lowest BCUT2D eigenvalue weighted by atomic mass is 9.99. The van der Waals surface area contributed by atoms with Crippen LogP contribution >= 0.6 is 0 Å². The average Bonchev–Trinajstić information content (AvgIpc) is 3.22. The molecule has 0 fully saturated rings. The van der Waals surface area contributed by atoms with E-state index >= 15 is 0 Å². The smallest absolute Gasteiger partial charge is 0.191 e. The summed E-state index contributed by atoms with van der Waals surface area (Å²) < 4.78 is 5.55. The van der Waals surface area contributed by atoms with Gasteiger partial charge in [0.1, 0.15) is 17.3 Å². The minimum Gasteiger partial charge on any atom is -0.384 e. The van der Waals surface area contributed by atoms with Crippen molar-refractivity contribution in [2.75, 3.05) is 13.1 Å². The van der Waals surface area contributed by atoms with E-state index in [1.165, 1.54) is 5.56 Å². The number of hydrogen-bond donors (Lipinski definition) is 3. The third-order valence-corrected chi connectivity index (χ3v) is 5.74. The first kappa shape index (κ1) is 19.5. The van der Waals surface area contributed by atoms with E-state index in [2.05, 4.69) is 44.6 Å². The molecule has 3 aromatic rings. The van der Waals surface area contributed by atoms with Crippen molar-refractivity contribution < 1.29 is 4.52 Å². The van der Waals surface area contributed by atoms with Gasteiger partial charge in [-0.3, -0.25) is 10.6 Å². The number of rotatable bonds is 5. The highest BCUT2D eigenvalue weighted by molar-refractivity contribution is 5.98. The SMILES string of the molecule is NC1=NC(N)(Cc2cc(-c3ccccc3)no2)NC2=C1CCN(Cc1ccccc1)C2. The molecule has 5 N–H and O–H groups in total. The van der Waals surface area contributed by atoms with E-state index < -0.39 is 5.79 Å². The van der Waals surface area contributed by atoms with Gasteiger partial charge in [0.15, 0.2) is 5.79 Å². The van der Waals surface area contributed by atoms with Crippen LogP contribution in [0.25, 0.3) is 11.3 Å². The molecule has 2 aliphatic rings. The number of nitrogens with two attached hydrogens (primary N) is 2. The van der Waals surface area contributed by atoms with Crippen molar-refractivity contribution in [3.63, 3.8) is 0 Å². The van der Waals surface area contributed by atoms with Crippen molar-refractivity contribution in [1.29, 1.82) is 0 Å². The molecule has 0 saturated carbocycles. The molecule has 0 spiro atoms. The molecule has 1 unspecified atom stereocenters. The Morgan fingerprint density at radius 1 is 1.06 bits per heavy atom. The van der Waals surface area contributed by atoms with Crippen molar-refractivity contribution >= 4 is 5.84 Å². The van der Waals surface area contributed by atoms with Gasteiger partial charge in [-0.2, -0.15) is 0 Å². The van der Waals surface area contributed by atoms with Crippen molar-refractivity contribution in [3.8, 4) is 11.3 Å². The summed E-state index contributed by atoms with van der Waals surface area (Å²) in [6.45, 7) is 2.58. The van der Waals surface area contributed by atoms with Crippen LogP contribution in [-0.2, 0) is 13.0 Å². The van der Waals surface area contributed by atoms with Crippen molar-refractivity contribution in [1.82, 2.24) is 15.4 Å². The van der Waals surface area contributed by atoms with Gasteiger partial charge in [-0.15, -0.1) is 0 Å². The molecule has 2 aliphatic heterocycles. The molecule has 0 aliphatic carbocycles. The zero-order valence-electron chi connectivity index (χ0n) is 17.3. The molecule has 3 heterocycles. The summed E-state index contributed by atoms with van der Waals surface area (Å²) in [5.74, 6) is 0.108. The average molecular weight is 415 g/mol. The first-order chi connectivity index (χ1) is 15.1. The maximum absolute atomic E-state index is 6.62. The summed E-state index contributed by atoms with van der Waals surface area (Å²) in [4.78, 5) is 6.97. The Kier molecular flexibility index (Phi) is 5.05. The van der Waals surface area contributed by atoms with Gasteiger partial charge in [-0.05, 0) is 12.0 Å². The van der Waals surface area contributed by atoms with E-state index in [0.717, 1.165) is 48.6 Å². The van der Waals surface area contributed by atoms with Crippen molar-refractivity contribution in [3.05, 3.63) is 89.3 Å². The van der Waals surface area contributed by atoms with Crippen molar-refractivity contribution in [2.24, 2.45) is 16.5 Å². The molecule has 1 atom stereocenters.